The van der Waals surface area contributed by atoms with E-state index in [-0.39, 0.29) is 18.9 Å². The predicted molar refractivity (Wildman–Crippen MR) is 94.9 cm³/mol. The quantitative estimate of drug-likeness (QED) is 0.907. The Labute approximate surface area is 150 Å². The molecular weight excluding hydrogens is 340 g/mol. The third-order valence-corrected chi connectivity index (χ3v) is 5.04. The summed E-state index contributed by atoms with van der Waals surface area (Å²) in [6.07, 6.45) is -0.568. The zero-order chi connectivity index (χ0) is 18.0. The third kappa shape index (κ3) is 4.05. The fourth-order valence-corrected chi connectivity index (χ4v) is 3.82. The summed E-state index contributed by atoms with van der Waals surface area (Å²) in [5.74, 6) is -1.10. The van der Waals surface area contributed by atoms with Crippen LogP contribution in [0.4, 0.5) is 0 Å². The molecule has 0 radical (unpaired) electrons. The van der Waals surface area contributed by atoms with Crippen molar-refractivity contribution >= 4 is 23.2 Å². The third-order valence-electron chi connectivity index (χ3n) is 4.16. The first-order valence-electron chi connectivity index (χ1n) is 8.10. The van der Waals surface area contributed by atoms with Gasteiger partial charge >= 0.3 is 5.97 Å². The highest BCUT2D eigenvalue weighted by Gasteiger charge is 2.28. The van der Waals surface area contributed by atoms with Gasteiger partial charge in [0, 0.05) is 24.0 Å². The van der Waals surface area contributed by atoms with Gasteiger partial charge in [-0.1, -0.05) is 23.8 Å². The molecular formula is C18H20N2O4S. The van der Waals surface area contributed by atoms with Gasteiger partial charge in [-0.05, 0) is 19.4 Å². The summed E-state index contributed by atoms with van der Waals surface area (Å²) in [6, 6.07) is 6.15. The lowest BCUT2D eigenvalue weighted by molar-refractivity contribution is -0.141. The van der Waals surface area contributed by atoms with Gasteiger partial charge in [-0.3, -0.25) is 9.59 Å². The number of morpholine rings is 1. The summed E-state index contributed by atoms with van der Waals surface area (Å²) < 4.78 is 5.41. The smallest absolute Gasteiger partial charge is 0.306 e. The maximum absolute atomic E-state index is 12.7. The van der Waals surface area contributed by atoms with E-state index in [9.17, 15) is 9.59 Å². The summed E-state index contributed by atoms with van der Waals surface area (Å²) >= 11 is 1.44. The normalized spacial score (nSPS) is 17.5. The Bertz CT molecular complexity index is 802. The number of aryl methyl sites for hydroxylation is 2. The molecule has 2 aromatic rings. The first-order valence-corrected chi connectivity index (χ1v) is 8.98. The van der Waals surface area contributed by atoms with E-state index in [1.54, 1.807) is 10.3 Å². The fourth-order valence-electron chi connectivity index (χ4n) is 2.93. The van der Waals surface area contributed by atoms with E-state index in [4.69, 9.17) is 9.84 Å². The van der Waals surface area contributed by atoms with E-state index in [0.717, 1.165) is 16.1 Å². The SMILES string of the molecule is Cc1ccc(-c2nc(C(=O)N3CCO[C@@H](CC(=O)O)C3)cs2)c(C)c1. The van der Waals surface area contributed by atoms with E-state index in [0.29, 0.717) is 18.8 Å². The van der Waals surface area contributed by atoms with Crippen LogP contribution in [0.2, 0.25) is 0 Å². The molecule has 6 nitrogen and oxygen atoms in total. The van der Waals surface area contributed by atoms with Crippen LogP contribution in [0.5, 0.6) is 0 Å². The van der Waals surface area contributed by atoms with Crippen LogP contribution in [0.1, 0.15) is 28.0 Å². The van der Waals surface area contributed by atoms with Gasteiger partial charge < -0.3 is 14.7 Å². The van der Waals surface area contributed by atoms with E-state index >= 15 is 0 Å². The van der Waals surface area contributed by atoms with E-state index < -0.39 is 12.1 Å². The summed E-state index contributed by atoms with van der Waals surface area (Å²) in [4.78, 5) is 29.6. The van der Waals surface area contributed by atoms with Crippen LogP contribution >= 0.6 is 11.3 Å². The second-order valence-corrected chi connectivity index (χ2v) is 7.06. The summed E-state index contributed by atoms with van der Waals surface area (Å²) in [7, 11) is 0. The van der Waals surface area contributed by atoms with Gasteiger partial charge in [0.15, 0.2) is 0 Å². The number of hydrogen-bond acceptors (Lipinski definition) is 5. The van der Waals surface area contributed by atoms with Crippen molar-refractivity contribution in [2.24, 2.45) is 0 Å². The van der Waals surface area contributed by atoms with Crippen molar-refractivity contribution in [1.82, 2.24) is 9.88 Å². The minimum atomic E-state index is -0.926. The van der Waals surface area contributed by atoms with Gasteiger partial charge in [-0.15, -0.1) is 11.3 Å². The average molecular weight is 360 g/mol. The van der Waals surface area contributed by atoms with Gasteiger partial charge in [-0.25, -0.2) is 4.98 Å². The van der Waals surface area contributed by atoms with Crippen LogP contribution in [0.3, 0.4) is 0 Å². The number of carboxylic acids is 1. The first-order chi connectivity index (χ1) is 11.9. The van der Waals surface area contributed by atoms with Crippen molar-refractivity contribution in [3.05, 3.63) is 40.4 Å². The predicted octanol–water partition coefficient (Wildman–Crippen LogP) is 2.74. The Kier molecular flexibility index (Phi) is 5.15. The molecule has 1 aromatic carbocycles. The summed E-state index contributed by atoms with van der Waals surface area (Å²) in [5, 5.41) is 11.5. The molecule has 25 heavy (non-hydrogen) atoms. The molecule has 0 spiro atoms. The first kappa shape index (κ1) is 17.6. The molecule has 1 N–H and O–H groups in total. The number of carboxylic acid groups (broad SMARTS) is 1. The molecule has 7 heteroatoms. The molecule has 0 saturated carbocycles. The largest absolute Gasteiger partial charge is 0.481 e. The van der Waals surface area contributed by atoms with Crippen molar-refractivity contribution < 1.29 is 19.4 Å². The molecule has 132 valence electrons. The molecule has 1 aliphatic rings. The van der Waals surface area contributed by atoms with Crippen LogP contribution < -0.4 is 0 Å². The van der Waals surface area contributed by atoms with Crippen molar-refractivity contribution in [2.75, 3.05) is 19.7 Å². The van der Waals surface area contributed by atoms with Crippen LogP contribution in [-0.2, 0) is 9.53 Å². The minimum Gasteiger partial charge on any atom is -0.481 e. The van der Waals surface area contributed by atoms with Crippen LogP contribution in [0.15, 0.2) is 23.6 Å². The lowest BCUT2D eigenvalue weighted by atomic mass is 10.1. The maximum Gasteiger partial charge on any atom is 0.306 e. The number of nitrogens with zero attached hydrogens (tertiary/aromatic N) is 2. The van der Waals surface area contributed by atoms with E-state index in [1.165, 1.54) is 16.9 Å². The van der Waals surface area contributed by atoms with Crippen LogP contribution in [0, 0.1) is 13.8 Å². The second kappa shape index (κ2) is 7.33. The van der Waals surface area contributed by atoms with Gasteiger partial charge in [-0.2, -0.15) is 0 Å². The van der Waals surface area contributed by atoms with Gasteiger partial charge in [0.25, 0.3) is 5.91 Å². The Hall–Kier alpha value is -2.25. The highest BCUT2D eigenvalue weighted by atomic mass is 32.1. The molecule has 1 fully saturated rings. The minimum absolute atomic E-state index is 0.103. The lowest BCUT2D eigenvalue weighted by Gasteiger charge is -2.31. The van der Waals surface area contributed by atoms with Crippen LogP contribution in [0.25, 0.3) is 10.6 Å². The van der Waals surface area contributed by atoms with Gasteiger partial charge in [0.2, 0.25) is 0 Å². The highest BCUT2D eigenvalue weighted by Crippen LogP contribution is 2.28. The molecule has 0 aliphatic carbocycles. The van der Waals surface area contributed by atoms with Crippen LogP contribution in [-0.4, -0.2) is 52.7 Å². The number of hydrogen-bond donors (Lipinski definition) is 1. The number of benzene rings is 1. The molecule has 1 aliphatic heterocycles. The summed E-state index contributed by atoms with van der Waals surface area (Å²) in [5.41, 5.74) is 3.74. The van der Waals surface area contributed by atoms with Gasteiger partial charge in [0.1, 0.15) is 10.7 Å². The number of rotatable bonds is 4. The average Bonchev–Trinajstić information content (AvgIpc) is 3.03. The van der Waals surface area contributed by atoms with Gasteiger partial charge in [0.05, 0.1) is 19.1 Å². The number of aromatic nitrogens is 1. The molecule has 0 unspecified atom stereocenters. The van der Waals surface area contributed by atoms with E-state index in [1.807, 2.05) is 26.0 Å². The van der Waals surface area contributed by atoms with E-state index in [2.05, 4.69) is 11.1 Å². The standard InChI is InChI=1S/C18H20N2O4S/c1-11-3-4-14(12(2)7-11)17-19-15(10-25-17)18(23)20-5-6-24-13(9-20)8-16(21)22/h3-4,7,10,13H,5-6,8-9H2,1-2H3,(H,21,22)/t13-/m0/s1. The van der Waals surface area contributed by atoms with Crippen molar-refractivity contribution in [3.63, 3.8) is 0 Å². The maximum atomic E-state index is 12.7. The highest BCUT2D eigenvalue weighted by molar-refractivity contribution is 7.13. The molecule has 3 rings (SSSR count). The zero-order valence-corrected chi connectivity index (χ0v) is 15.0. The molecule has 1 saturated heterocycles. The fraction of sp³-hybridized carbons (Fsp3) is 0.389. The summed E-state index contributed by atoms with van der Waals surface area (Å²) in [6.45, 7) is 5.15. The van der Waals surface area contributed by atoms with Crippen molar-refractivity contribution in [2.45, 2.75) is 26.4 Å². The number of ether oxygens (including phenoxy) is 1. The second-order valence-electron chi connectivity index (χ2n) is 6.20. The Morgan fingerprint density at radius 1 is 1.40 bits per heavy atom. The molecule has 1 atom stereocenters. The lowest BCUT2D eigenvalue weighted by Crippen LogP contribution is -2.46. The topological polar surface area (TPSA) is 79.7 Å². The number of aliphatic carboxylic acids is 1. The Morgan fingerprint density at radius 3 is 2.92 bits per heavy atom. The molecule has 1 amide bonds. The number of carbonyl (C=O) groups is 2. The van der Waals surface area contributed by atoms with Crippen molar-refractivity contribution in [3.8, 4) is 10.6 Å². The number of carbonyl (C=O) groups excluding carboxylic acids is 1. The zero-order valence-electron chi connectivity index (χ0n) is 14.2. The molecule has 1 aromatic heterocycles. The monoisotopic (exact) mass is 360 g/mol. The number of thiazole rings is 1. The van der Waals surface area contributed by atoms with Crippen molar-refractivity contribution in [1.29, 1.82) is 0 Å². The Morgan fingerprint density at radius 2 is 2.20 bits per heavy atom. The molecule has 2 heterocycles. The Balaban J connectivity index is 1.75. The molecule has 0 bridgehead atoms. The number of amides is 1.